The number of hydrogen-bond donors (Lipinski definition) is 2. The molecule has 0 radical (unpaired) electrons. The van der Waals surface area contributed by atoms with Crippen molar-refractivity contribution in [2.75, 3.05) is 0 Å². The molecule has 0 saturated heterocycles. The number of aromatic nitrogens is 1. The molecular weight excluding hydrogens is 284 g/mol. The van der Waals surface area contributed by atoms with Gasteiger partial charge in [-0.1, -0.05) is 0 Å². The lowest BCUT2D eigenvalue weighted by atomic mass is 9.70. The van der Waals surface area contributed by atoms with Crippen molar-refractivity contribution in [3.63, 3.8) is 0 Å². The zero-order chi connectivity index (χ0) is 10.3. The van der Waals surface area contributed by atoms with Crippen LogP contribution in [0.5, 0.6) is 0 Å². The summed E-state index contributed by atoms with van der Waals surface area (Å²) in [6, 6.07) is 3.44. The standard InChI is InChI=1S/C9H11BrFN3.ClH/c10-7-2-1-6(8(11)14-7)9(13)3-5(12)4-9;/h1-2,5H,3-4,12-13H2;1H. The summed E-state index contributed by atoms with van der Waals surface area (Å²) in [6.45, 7) is 0. The molecule has 0 amide bonds. The smallest absolute Gasteiger partial charge is 0.218 e. The van der Waals surface area contributed by atoms with Crippen molar-refractivity contribution in [3.8, 4) is 0 Å². The fourth-order valence-electron chi connectivity index (χ4n) is 1.88. The third-order valence-electron chi connectivity index (χ3n) is 2.60. The minimum absolute atomic E-state index is 0. The number of rotatable bonds is 1. The van der Waals surface area contributed by atoms with E-state index >= 15 is 0 Å². The largest absolute Gasteiger partial charge is 0.328 e. The van der Waals surface area contributed by atoms with Gasteiger partial charge in [-0.15, -0.1) is 12.4 Å². The van der Waals surface area contributed by atoms with Gasteiger partial charge in [-0.05, 0) is 40.9 Å². The highest BCUT2D eigenvalue weighted by Crippen LogP contribution is 2.38. The third kappa shape index (κ3) is 2.30. The summed E-state index contributed by atoms with van der Waals surface area (Å²) in [7, 11) is 0. The molecule has 1 aromatic heterocycles. The summed E-state index contributed by atoms with van der Waals surface area (Å²) in [6.07, 6.45) is 1.24. The summed E-state index contributed by atoms with van der Waals surface area (Å²) in [4.78, 5) is 3.68. The van der Waals surface area contributed by atoms with Crippen molar-refractivity contribution in [2.45, 2.75) is 24.4 Å². The molecule has 2 rings (SSSR count). The van der Waals surface area contributed by atoms with Crippen LogP contribution in [0.3, 0.4) is 0 Å². The topological polar surface area (TPSA) is 64.9 Å². The molecule has 0 spiro atoms. The maximum absolute atomic E-state index is 13.4. The van der Waals surface area contributed by atoms with Gasteiger partial charge in [0, 0.05) is 17.1 Å². The quantitative estimate of drug-likeness (QED) is 0.775. The Hall–Kier alpha value is -0.230. The predicted molar refractivity (Wildman–Crippen MR) is 62.2 cm³/mol. The lowest BCUT2D eigenvalue weighted by Crippen LogP contribution is -2.55. The van der Waals surface area contributed by atoms with E-state index in [-0.39, 0.29) is 18.4 Å². The second-order valence-electron chi connectivity index (χ2n) is 3.80. The highest BCUT2D eigenvalue weighted by atomic mass is 79.9. The van der Waals surface area contributed by atoms with Gasteiger partial charge in [0.05, 0.1) is 0 Å². The van der Waals surface area contributed by atoms with Crippen LogP contribution < -0.4 is 11.5 Å². The zero-order valence-corrected chi connectivity index (χ0v) is 10.3. The first kappa shape index (κ1) is 12.8. The molecule has 6 heteroatoms. The predicted octanol–water partition coefficient (Wildman–Crippen LogP) is 1.68. The molecule has 84 valence electrons. The SMILES string of the molecule is Cl.NC1CC(N)(c2ccc(Br)nc2F)C1. The van der Waals surface area contributed by atoms with Gasteiger partial charge < -0.3 is 11.5 Å². The number of hydrogen-bond acceptors (Lipinski definition) is 3. The van der Waals surface area contributed by atoms with Gasteiger partial charge in [-0.3, -0.25) is 0 Å². The number of nitrogens with zero attached hydrogens (tertiary/aromatic N) is 1. The van der Waals surface area contributed by atoms with E-state index in [2.05, 4.69) is 20.9 Å². The fraction of sp³-hybridized carbons (Fsp3) is 0.444. The minimum Gasteiger partial charge on any atom is -0.328 e. The minimum atomic E-state index is -0.614. The van der Waals surface area contributed by atoms with E-state index in [9.17, 15) is 4.39 Å². The highest BCUT2D eigenvalue weighted by molar-refractivity contribution is 9.10. The Morgan fingerprint density at radius 1 is 1.47 bits per heavy atom. The highest BCUT2D eigenvalue weighted by Gasteiger charge is 2.42. The molecule has 1 aromatic rings. The van der Waals surface area contributed by atoms with Gasteiger partial charge in [0.15, 0.2) is 0 Å². The van der Waals surface area contributed by atoms with E-state index in [0.29, 0.717) is 23.0 Å². The lowest BCUT2D eigenvalue weighted by molar-refractivity contribution is 0.203. The van der Waals surface area contributed by atoms with Crippen LogP contribution in [0.4, 0.5) is 4.39 Å². The molecule has 4 N–H and O–H groups in total. The Bertz CT molecular complexity index is 368. The summed E-state index contributed by atoms with van der Waals surface area (Å²) in [5, 5.41) is 0. The first-order valence-electron chi connectivity index (χ1n) is 4.38. The van der Waals surface area contributed by atoms with Gasteiger partial charge in [-0.2, -0.15) is 4.39 Å². The molecule has 0 aromatic carbocycles. The molecule has 15 heavy (non-hydrogen) atoms. The number of pyridine rings is 1. The average molecular weight is 297 g/mol. The Morgan fingerprint density at radius 3 is 2.53 bits per heavy atom. The van der Waals surface area contributed by atoms with Gasteiger partial charge in [0.1, 0.15) is 4.60 Å². The fourth-order valence-corrected chi connectivity index (χ4v) is 2.17. The van der Waals surface area contributed by atoms with E-state index in [4.69, 9.17) is 11.5 Å². The van der Waals surface area contributed by atoms with Crippen LogP contribution in [0.1, 0.15) is 18.4 Å². The van der Waals surface area contributed by atoms with E-state index < -0.39 is 11.5 Å². The summed E-state index contributed by atoms with van der Waals surface area (Å²) < 4.78 is 13.9. The van der Waals surface area contributed by atoms with Crippen LogP contribution in [0.15, 0.2) is 16.7 Å². The first-order valence-corrected chi connectivity index (χ1v) is 5.17. The van der Waals surface area contributed by atoms with Crippen molar-refractivity contribution in [2.24, 2.45) is 11.5 Å². The Balaban J connectivity index is 0.00000112. The van der Waals surface area contributed by atoms with Crippen LogP contribution in [0.2, 0.25) is 0 Å². The first-order chi connectivity index (χ1) is 6.51. The molecule has 0 bridgehead atoms. The summed E-state index contributed by atoms with van der Waals surface area (Å²) >= 11 is 3.10. The Kier molecular flexibility index (Phi) is 3.71. The van der Waals surface area contributed by atoms with Gasteiger partial charge in [0.25, 0.3) is 0 Å². The molecule has 1 aliphatic rings. The Labute approximate surface area is 102 Å². The van der Waals surface area contributed by atoms with Crippen LogP contribution in [0, 0.1) is 5.95 Å². The van der Waals surface area contributed by atoms with E-state index in [1.165, 1.54) is 0 Å². The Morgan fingerprint density at radius 2 is 2.07 bits per heavy atom. The van der Waals surface area contributed by atoms with Crippen LogP contribution in [0.25, 0.3) is 0 Å². The molecule has 0 unspecified atom stereocenters. The molecule has 0 atom stereocenters. The normalized spacial score (nSPS) is 29.2. The molecular formula is C9H12BrClFN3. The second-order valence-corrected chi connectivity index (χ2v) is 4.61. The van der Waals surface area contributed by atoms with E-state index in [1.54, 1.807) is 12.1 Å². The molecule has 1 saturated carbocycles. The van der Waals surface area contributed by atoms with E-state index in [1.807, 2.05) is 0 Å². The van der Waals surface area contributed by atoms with Crippen molar-refractivity contribution >= 4 is 28.3 Å². The maximum atomic E-state index is 13.4. The number of halogens is 3. The second kappa shape index (κ2) is 4.33. The molecule has 0 aliphatic heterocycles. The van der Waals surface area contributed by atoms with Crippen molar-refractivity contribution in [1.29, 1.82) is 0 Å². The van der Waals surface area contributed by atoms with Crippen molar-refractivity contribution < 1.29 is 4.39 Å². The summed E-state index contributed by atoms with van der Waals surface area (Å²) in [5.41, 5.74) is 11.5. The van der Waals surface area contributed by atoms with Gasteiger partial charge in [0.2, 0.25) is 5.95 Å². The molecule has 1 fully saturated rings. The van der Waals surface area contributed by atoms with Crippen LogP contribution in [-0.2, 0) is 5.54 Å². The van der Waals surface area contributed by atoms with Crippen LogP contribution in [-0.4, -0.2) is 11.0 Å². The van der Waals surface area contributed by atoms with Crippen LogP contribution >= 0.6 is 28.3 Å². The monoisotopic (exact) mass is 295 g/mol. The average Bonchev–Trinajstić information content (AvgIpc) is 2.00. The maximum Gasteiger partial charge on any atom is 0.218 e. The molecule has 1 aliphatic carbocycles. The molecule has 1 heterocycles. The van der Waals surface area contributed by atoms with E-state index in [0.717, 1.165) is 0 Å². The summed E-state index contributed by atoms with van der Waals surface area (Å²) in [5.74, 6) is -0.506. The lowest BCUT2D eigenvalue weighted by Gasteiger charge is -2.43. The zero-order valence-electron chi connectivity index (χ0n) is 7.91. The van der Waals surface area contributed by atoms with Crippen molar-refractivity contribution in [1.82, 2.24) is 4.98 Å². The van der Waals surface area contributed by atoms with Gasteiger partial charge in [-0.25, -0.2) is 4.98 Å². The number of nitrogens with two attached hydrogens (primary N) is 2. The van der Waals surface area contributed by atoms with Gasteiger partial charge >= 0.3 is 0 Å². The van der Waals surface area contributed by atoms with Crippen molar-refractivity contribution in [3.05, 3.63) is 28.2 Å². The third-order valence-corrected chi connectivity index (χ3v) is 3.05. The molecule has 3 nitrogen and oxygen atoms in total.